The number of ether oxygens (including phenoxy) is 1. The number of ketones is 1. The number of Topliss-reactive ketones (excluding diaryl/α,β-unsaturated/α-hetero) is 1. The van der Waals surface area contributed by atoms with Crippen LogP contribution in [-0.4, -0.2) is 48.7 Å². The molecule has 0 radical (unpaired) electrons. The average molecular weight is 583 g/mol. The molecule has 0 saturated carbocycles. The standard InChI is InChI=1S/C25H28BrN3O6.ClH/c1-14(2)21(23(32)28-20(25(34)35-4)12-16-8-6-5-7-9-16)29-24(33)22(31)18-13-17(26)10-11-19(18)27-15(3)30;/h5-11,13-14,20-21H,12H2,1-4H3,(H,27,30)(H,28,32)(H,29,33);1H/t20-,21+;/m1./s1. The molecule has 194 valence electrons. The van der Waals surface area contributed by atoms with Crippen molar-refractivity contribution >= 4 is 63.5 Å². The van der Waals surface area contributed by atoms with Gasteiger partial charge in [-0.05, 0) is 29.7 Å². The molecule has 0 saturated heterocycles. The SMILES string of the molecule is COC(=O)[C@@H](Cc1ccccc1)NC(=O)[C@@H](NC(=O)C(=O)c1cc(Br)ccc1NC(C)=O)C(C)C.Cl. The number of anilines is 1. The average Bonchev–Trinajstić information content (AvgIpc) is 2.82. The third-order valence-electron chi connectivity index (χ3n) is 5.06. The number of carbonyl (C=O) groups is 5. The van der Waals surface area contributed by atoms with Gasteiger partial charge in [-0.15, -0.1) is 12.4 Å². The van der Waals surface area contributed by atoms with Crippen molar-refractivity contribution in [2.45, 2.75) is 39.3 Å². The summed E-state index contributed by atoms with van der Waals surface area (Å²) in [5.74, 6) is -4.04. The van der Waals surface area contributed by atoms with Gasteiger partial charge in [0, 0.05) is 17.8 Å². The van der Waals surface area contributed by atoms with Gasteiger partial charge in [0.2, 0.25) is 11.8 Å². The number of benzene rings is 2. The number of halogens is 2. The first-order valence-corrected chi connectivity index (χ1v) is 11.7. The maximum absolute atomic E-state index is 13.1. The molecule has 2 rings (SSSR count). The topological polar surface area (TPSA) is 131 Å². The van der Waals surface area contributed by atoms with Crippen LogP contribution in [-0.2, 0) is 30.3 Å². The number of hydrogen-bond acceptors (Lipinski definition) is 6. The highest BCUT2D eigenvalue weighted by molar-refractivity contribution is 9.10. The van der Waals surface area contributed by atoms with Gasteiger partial charge in [0.1, 0.15) is 12.1 Å². The fourth-order valence-electron chi connectivity index (χ4n) is 3.31. The summed E-state index contributed by atoms with van der Waals surface area (Å²) < 4.78 is 5.36. The third-order valence-corrected chi connectivity index (χ3v) is 5.56. The zero-order valence-electron chi connectivity index (χ0n) is 20.3. The normalized spacial score (nSPS) is 11.9. The second kappa shape index (κ2) is 14.4. The van der Waals surface area contributed by atoms with E-state index in [0.29, 0.717) is 4.47 Å². The summed E-state index contributed by atoms with van der Waals surface area (Å²) >= 11 is 3.25. The quantitative estimate of drug-likeness (QED) is 0.224. The van der Waals surface area contributed by atoms with E-state index in [1.165, 1.54) is 26.2 Å². The van der Waals surface area contributed by atoms with E-state index in [1.807, 2.05) is 30.3 Å². The minimum absolute atomic E-state index is 0. The van der Waals surface area contributed by atoms with Crippen molar-refractivity contribution in [2.24, 2.45) is 5.92 Å². The maximum atomic E-state index is 13.1. The third kappa shape index (κ3) is 8.76. The fraction of sp³-hybridized carbons (Fsp3) is 0.320. The van der Waals surface area contributed by atoms with Gasteiger partial charge in [-0.25, -0.2) is 4.79 Å². The van der Waals surface area contributed by atoms with E-state index in [1.54, 1.807) is 19.9 Å². The highest BCUT2D eigenvalue weighted by Gasteiger charge is 2.31. The van der Waals surface area contributed by atoms with Crippen LogP contribution in [0.15, 0.2) is 53.0 Å². The summed E-state index contributed by atoms with van der Waals surface area (Å²) in [5.41, 5.74) is 0.940. The van der Waals surface area contributed by atoms with Gasteiger partial charge in [0.05, 0.1) is 18.4 Å². The van der Waals surface area contributed by atoms with Gasteiger partial charge in [-0.2, -0.15) is 0 Å². The molecular weight excluding hydrogens is 554 g/mol. The highest BCUT2D eigenvalue weighted by atomic mass is 79.9. The van der Waals surface area contributed by atoms with Gasteiger partial charge in [-0.3, -0.25) is 19.2 Å². The molecule has 3 N–H and O–H groups in total. The summed E-state index contributed by atoms with van der Waals surface area (Å²) in [4.78, 5) is 62.6. The first-order valence-electron chi connectivity index (χ1n) is 10.9. The van der Waals surface area contributed by atoms with Gasteiger partial charge in [0.15, 0.2) is 0 Å². The number of rotatable bonds is 10. The molecule has 11 heteroatoms. The zero-order chi connectivity index (χ0) is 26.1. The van der Waals surface area contributed by atoms with Crippen LogP contribution in [0.25, 0.3) is 0 Å². The summed E-state index contributed by atoms with van der Waals surface area (Å²) in [6.07, 6.45) is 0.190. The van der Waals surface area contributed by atoms with Gasteiger partial charge >= 0.3 is 5.97 Å². The lowest BCUT2D eigenvalue weighted by Crippen LogP contribution is -2.55. The van der Waals surface area contributed by atoms with Gasteiger partial charge in [-0.1, -0.05) is 60.1 Å². The lowest BCUT2D eigenvalue weighted by atomic mass is 10.0. The van der Waals surface area contributed by atoms with Crippen LogP contribution in [0.3, 0.4) is 0 Å². The maximum Gasteiger partial charge on any atom is 0.328 e. The molecule has 0 unspecified atom stereocenters. The van der Waals surface area contributed by atoms with E-state index in [4.69, 9.17) is 4.74 Å². The first kappa shape index (κ1) is 30.8. The second-order valence-corrected chi connectivity index (χ2v) is 9.09. The number of methoxy groups -OCH3 is 1. The minimum atomic E-state index is -1.11. The van der Waals surface area contributed by atoms with Crippen LogP contribution < -0.4 is 16.0 Å². The molecule has 0 spiro atoms. The molecule has 2 aromatic carbocycles. The Morgan fingerprint density at radius 1 is 0.972 bits per heavy atom. The molecule has 2 atom stereocenters. The Hall–Kier alpha value is -3.24. The van der Waals surface area contributed by atoms with Crippen molar-refractivity contribution in [1.29, 1.82) is 0 Å². The Kier molecular flexibility index (Phi) is 12.3. The summed E-state index contributed by atoms with van der Waals surface area (Å²) in [7, 11) is 1.22. The van der Waals surface area contributed by atoms with Crippen LogP contribution in [0.2, 0.25) is 0 Å². The Morgan fingerprint density at radius 2 is 1.61 bits per heavy atom. The van der Waals surface area contributed by atoms with Crippen molar-refractivity contribution in [3.63, 3.8) is 0 Å². The summed E-state index contributed by atoms with van der Waals surface area (Å²) in [6.45, 7) is 4.67. The van der Waals surface area contributed by atoms with Crippen LogP contribution in [0.4, 0.5) is 5.69 Å². The Balaban J connectivity index is 0.00000648. The number of hydrogen-bond donors (Lipinski definition) is 3. The molecule has 0 fully saturated rings. The van der Waals surface area contributed by atoms with Crippen molar-refractivity contribution in [1.82, 2.24) is 10.6 Å². The van der Waals surface area contributed by atoms with Crippen molar-refractivity contribution in [3.8, 4) is 0 Å². The largest absolute Gasteiger partial charge is 0.467 e. The van der Waals surface area contributed by atoms with Crippen LogP contribution in [0, 0.1) is 5.92 Å². The number of amides is 3. The first-order chi connectivity index (χ1) is 16.5. The minimum Gasteiger partial charge on any atom is -0.467 e. The number of carbonyl (C=O) groups excluding carboxylic acids is 5. The Labute approximate surface area is 224 Å². The molecule has 0 aliphatic heterocycles. The summed E-state index contributed by atoms with van der Waals surface area (Å²) in [6, 6.07) is 11.5. The predicted molar refractivity (Wildman–Crippen MR) is 141 cm³/mol. The lowest BCUT2D eigenvalue weighted by Gasteiger charge is -2.24. The molecule has 36 heavy (non-hydrogen) atoms. The van der Waals surface area contributed by atoms with Gasteiger partial charge < -0.3 is 20.7 Å². The fourth-order valence-corrected chi connectivity index (χ4v) is 3.67. The number of nitrogens with one attached hydrogen (secondary N) is 3. The number of esters is 1. The second-order valence-electron chi connectivity index (χ2n) is 8.17. The molecular formula is C25H29BrClN3O6. The molecule has 2 aromatic rings. The molecule has 0 aliphatic carbocycles. The lowest BCUT2D eigenvalue weighted by molar-refractivity contribution is -0.145. The van der Waals surface area contributed by atoms with Gasteiger partial charge in [0.25, 0.3) is 11.7 Å². The molecule has 0 heterocycles. The Bertz CT molecular complexity index is 1110. The van der Waals surface area contributed by atoms with Crippen molar-refractivity contribution in [2.75, 3.05) is 12.4 Å². The van der Waals surface area contributed by atoms with Crippen molar-refractivity contribution < 1.29 is 28.7 Å². The van der Waals surface area contributed by atoms with Crippen LogP contribution in [0.1, 0.15) is 36.7 Å². The van der Waals surface area contributed by atoms with E-state index in [-0.39, 0.29) is 30.1 Å². The van der Waals surface area contributed by atoms with Crippen LogP contribution >= 0.6 is 28.3 Å². The molecule has 0 aromatic heterocycles. The zero-order valence-corrected chi connectivity index (χ0v) is 22.7. The Morgan fingerprint density at radius 3 is 2.17 bits per heavy atom. The van der Waals surface area contributed by atoms with E-state index >= 15 is 0 Å². The molecule has 9 nitrogen and oxygen atoms in total. The van der Waals surface area contributed by atoms with E-state index in [9.17, 15) is 24.0 Å². The van der Waals surface area contributed by atoms with E-state index in [2.05, 4.69) is 31.9 Å². The monoisotopic (exact) mass is 581 g/mol. The van der Waals surface area contributed by atoms with Crippen LogP contribution in [0.5, 0.6) is 0 Å². The highest BCUT2D eigenvalue weighted by Crippen LogP contribution is 2.22. The molecule has 0 aliphatic rings. The van der Waals surface area contributed by atoms with Crippen molar-refractivity contribution in [3.05, 3.63) is 64.1 Å². The molecule has 0 bridgehead atoms. The summed E-state index contributed by atoms with van der Waals surface area (Å²) in [5, 5.41) is 7.60. The van der Waals surface area contributed by atoms with E-state index < -0.39 is 47.5 Å². The molecule has 3 amide bonds. The predicted octanol–water partition coefficient (Wildman–Crippen LogP) is 3.05. The smallest absolute Gasteiger partial charge is 0.328 e. The van der Waals surface area contributed by atoms with E-state index in [0.717, 1.165) is 5.56 Å².